The quantitative estimate of drug-likeness (QED) is 0.272. The Labute approximate surface area is 217 Å². The average Bonchev–Trinajstić information content (AvgIpc) is 3.11. The number of amides is 1. The molecule has 2 aromatic carbocycles. The number of aromatic hydroxyl groups is 1. The van der Waals surface area contributed by atoms with Crippen LogP contribution < -0.4 is 4.74 Å². The minimum Gasteiger partial charge on any atom is -0.507 e. The SMILES string of the molecule is CCOc1ccc(/C(O)=C2/C(=O)C(=O)N(C3CCCCC3)C2c2ccc(O)c(Cl)c2)cc1C(C)(C)C. The lowest BCUT2D eigenvalue weighted by atomic mass is 9.84. The molecule has 0 spiro atoms. The minimum absolute atomic E-state index is 0.0383. The van der Waals surface area contributed by atoms with Gasteiger partial charge in [0.05, 0.1) is 23.2 Å². The number of aliphatic hydroxyl groups is 1. The largest absolute Gasteiger partial charge is 0.507 e. The maximum absolute atomic E-state index is 13.4. The zero-order chi connectivity index (χ0) is 26.2. The molecule has 2 aromatic rings. The molecule has 1 unspecified atom stereocenters. The summed E-state index contributed by atoms with van der Waals surface area (Å²) in [6.07, 6.45) is 4.65. The van der Waals surface area contributed by atoms with E-state index in [2.05, 4.69) is 20.8 Å². The number of ether oxygens (including phenoxy) is 1. The molecule has 0 aromatic heterocycles. The van der Waals surface area contributed by atoms with Gasteiger partial charge in [-0.1, -0.05) is 57.7 Å². The van der Waals surface area contributed by atoms with Crippen LogP contribution in [0.1, 0.15) is 82.5 Å². The van der Waals surface area contributed by atoms with E-state index in [9.17, 15) is 19.8 Å². The number of phenols is 1. The first-order valence-electron chi connectivity index (χ1n) is 12.6. The van der Waals surface area contributed by atoms with Crippen molar-refractivity contribution in [1.29, 1.82) is 0 Å². The van der Waals surface area contributed by atoms with Crippen molar-refractivity contribution < 1.29 is 24.5 Å². The highest BCUT2D eigenvalue weighted by molar-refractivity contribution is 6.46. The molecule has 36 heavy (non-hydrogen) atoms. The monoisotopic (exact) mass is 511 g/mol. The average molecular weight is 512 g/mol. The van der Waals surface area contributed by atoms with Crippen LogP contribution in [0.5, 0.6) is 11.5 Å². The molecule has 192 valence electrons. The number of rotatable bonds is 5. The number of halogens is 1. The van der Waals surface area contributed by atoms with Crippen molar-refractivity contribution in [3.05, 3.63) is 63.7 Å². The van der Waals surface area contributed by atoms with Crippen molar-refractivity contribution >= 4 is 29.1 Å². The smallest absolute Gasteiger partial charge is 0.295 e. The summed E-state index contributed by atoms with van der Waals surface area (Å²) in [5.41, 5.74) is 1.67. The molecule has 1 aliphatic carbocycles. The summed E-state index contributed by atoms with van der Waals surface area (Å²) in [4.78, 5) is 28.4. The third-order valence-electron chi connectivity index (χ3n) is 7.10. The second-order valence-electron chi connectivity index (χ2n) is 10.6. The molecule has 0 bridgehead atoms. The number of hydrogen-bond donors (Lipinski definition) is 2. The van der Waals surface area contributed by atoms with Crippen LogP contribution in [-0.4, -0.2) is 39.5 Å². The normalized spacial score (nSPS) is 20.7. The van der Waals surface area contributed by atoms with Gasteiger partial charge < -0.3 is 19.8 Å². The molecule has 7 heteroatoms. The summed E-state index contributed by atoms with van der Waals surface area (Å²) in [6, 6.07) is 9.10. The number of carbonyl (C=O) groups excluding carboxylic acids is 2. The summed E-state index contributed by atoms with van der Waals surface area (Å²) >= 11 is 6.23. The number of likely N-dealkylation sites (tertiary alicyclic amines) is 1. The van der Waals surface area contributed by atoms with Crippen LogP contribution in [-0.2, 0) is 15.0 Å². The van der Waals surface area contributed by atoms with E-state index >= 15 is 0 Å². The molecule has 1 saturated heterocycles. The predicted molar refractivity (Wildman–Crippen MR) is 140 cm³/mol. The molecule has 1 amide bonds. The summed E-state index contributed by atoms with van der Waals surface area (Å²) in [7, 11) is 0. The van der Waals surface area contributed by atoms with E-state index in [1.165, 1.54) is 6.07 Å². The maximum atomic E-state index is 13.4. The van der Waals surface area contributed by atoms with Gasteiger partial charge in [0, 0.05) is 17.2 Å². The number of aliphatic hydroxyl groups excluding tert-OH is 1. The van der Waals surface area contributed by atoms with Crippen LogP contribution in [0.3, 0.4) is 0 Å². The Hall–Kier alpha value is -2.99. The zero-order valence-corrected chi connectivity index (χ0v) is 22.1. The summed E-state index contributed by atoms with van der Waals surface area (Å²) in [5, 5.41) is 21.7. The van der Waals surface area contributed by atoms with Gasteiger partial charge in [-0.2, -0.15) is 0 Å². The lowest BCUT2D eigenvalue weighted by Gasteiger charge is -2.35. The van der Waals surface area contributed by atoms with Gasteiger partial charge in [0.2, 0.25) is 0 Å². The summed E-state index contributed by atoms with van der Waals surface area (Å²) in [6.45, 7) is 8.57. The molecular formula is C29H34ClNO5. The number of phenolic OH excluding ortho intramolecular Hbond substituents is 1. The minimum atomic E-state index is -0.796. The van der Waals surface area contributed by atoms with Gasteiger partial charge in [-0.3, -0.25) is 9.59 Å². The molecular weight excluding hydrogens is 478 g/mol. The Morgan fingerprint density at radius 2 is 1.78 bits per heavy atom. The Morgan fingerprint density at radius 3 is 2.39 bits per heavy atom. The van der Waals surface area contributed by atoms with E-state index < -0.39 is 17.7 Å². The van der Waals surface area contributed by atoms with Crippen molar-refractivity contribution in [3.63, 3.8) is 0 Å². The molecule has 1 saturated carbocycles. The van der Waals surface area contributed by atoms with Gasteiger partial charge in [-0.05, 0) is 61.1 Å². The number of benzene rings is 2. The van der Waals surface area contributed by atoms with Gasteiger partial charge in [0.15, 0.2) is 0 Å². The molecule has 2 fully saturated rings. The van der Waals surface area contributed by atoms with E-state index in [1.807, 2.05) is 13.0 Å². The molecule has 6 nitrogen and oxygen atoms in total. The van der Waals surface area contributed by atoms with Crippen molar-refractivity contribution in [1.82, 2.24) is 4.90 Å². The van der Waals surface area contributed by atoms with Crippen LogP contribution in [0.2, 0.25) is 5.02 Å². The lowest BCUT2D eigenvalue weighted by Crippen LogP contribution is -2.40. The topological polar surface area (TPSA) is 87.1 Å². The molecule has 4 rings (SSSR count). The van der Waals surface area contributed by atoms with Crippen LogP contribution in [0.15, 0.2) is 42.0 Å². The standard InChI is InChI=1S/C29H34ClNO5/c1-5-36-23-14-12-18(15-20(23)29(2,3)4)26(33)24-25(17-11-13-22(32)21(30)16-17)31(28(35)27(24)34)19-9-7-6-8-10-19/h11-16,19,25,32-33H,5-10H2,1-4H3/b26-24-. The molecule has 0 radical (unpaired) electrons. The molecule has 1 atom stereocenters. The van der Waals surface area contributed by atoms with Gasteiger partial charge >= 0.3 is 0 Å². The van der Waals surface area contributed by atoms with Crippen LogP contribution >= 0.6 is 11.6 Å². The van der Waals surface area contributed by atoms with E-state index in [0.717, 1.165) is 37.7 Å². The Kier molecular flexibility index (Phi) is 7.37. The number of Topliss-reactive ketones (excluding diaryl/α,β-unsaturated/α-hetero) is 1. The Morgan fingerprint density at radius 1 is 1.08 bits per heavy atom. The highest BCUT2D eigenvalue weighted by atomic mass is 35.5. The molecule has 2 N–H and O–H groups in total. The van der Waals surface area contributed by atoms with E-state index in [4.69, 9.17) is 16.3 Å². The first-order chi connectivity index (χ1) is 17.0. The van der Waals surface area contributed by atoms with Gasteiger partial charge in [-0.25, -0.2) is 0 Å². The van der Waals surface area contributed by atoms with Crippen molar-refractivity contribution in [3.8, 4) is 11.5 Å². The maximum Gasteiger partial charge on any atom is 0.295 e. The van der Waals surface area contributed by atoms with E-state index in [1.54, 1.807) is 29.2 Å². The summed E-state index contributed by atoms with van der Waals surface area (Å²) in [5.74, 6) is -0.921. The first kappa shape index (κ1) is 26.1. The van der Waals surface area contributed by atoms with E-state index in [0.29, 0.717) is 23.5 Å². The fourth-order valence-electron chi connectivity index (χ4n) is 5.31. The fraction of sp³-hybridized carbons (Fsp3) is 0.448. The second kappa shape index (κ2) is 10.2. The lowest BCUT2D eigenvalue weighted by molar-refractivity contribution is -0.141. The fourth-order valence-corrected chi connectivity index (χ4v) is 5.50. The van der Waals surface area contributed by atoms with E-state index in [-0.39, 0.29) is 33.6 Å². The molecule has 2 aliphatic rings. The van der Waals surface area contributed by atoms with Crippen molar-refractivity contribution in [2.45, 2.75) is 77.3 Å². The molecule has 1 heterocycles. The molecule has 1 aliphatic heterocycles. The number of ketones is 1. The summed E-state index contributed by atoms with van der Waals surface area (Å²) < 4.78 is 5.81. The number of nitrogens with zero attached hydrogens (tertiary/aromatic N) is 1. The van der Waals surface area contributed by atoms with Crippen LogP contribution in [0.4, 0.5) is 0 Å². The van der Waals surface area contributed by atoms with Crippen LogP contribution in [0.25, 0.3) is 5.76 Å². The highest BCUT2D eigenvalue weighted by Gasteiger charge is 2.49. The Balaban J connectivity index is 1.90. The third kappa shape index (κ3) is 4.83. The number of carbonyl (C=O) groups is 2. The van der Waals surface area contributed by atoms with Gasteiger partial charge in [0.1, 0.15) is 17.3 Å². The predicted octanol–water partition coefficient (Wildman–Crippen LogP) is 6.50. The third-order valence-corrected chi connectivity index (χ3v) is 7.40. The Bertz CT molecular complexity index is 1210. The first-order valence-corrected chi connectivity index (χ1v) is 13.0. The van der Waals surface area contributed by atoms with Gasteiger partial charge in [-0.15, -0.1) is 0 Å². The van der Waals surface area contributed by atoms with Crippen molar-refractivity contribution in [2.75, 3.05) is 6.61 Å². The van der Waals surface area contributed by atoms with Crippen LogP contribution in [0, 0.1) is 0 Å². The zero-order valence-electron chi connectivity index (χ0n) is 21.3. The number of hydrogen-bond acceptors (Lipinski definition) is 5. The second-order valence-corrected chi connectivity index (χ2v) is 11.0. The van der Waals surface area contributed by atoms with Crippen molar-refractivity contribution in [2.24, 2.45) is 0 Å². The van der Waals surface area contributed by atoms with Gasteiger partial charge in [0.25, 0.3) is 11.7 Å². The highest BCUT2D eigenvalue weighted by Crippen LogP contribution is 2.45.